The topological polar surface area (TPSA) is 37.6 Å². The van der Waals surface area contributed by atoms with Crippen molar-refractivity contribution in [2.45, 2.75) is 67.2 Å². The van der Waals surface area contributed by atoms with Crippen LogP contribution in [0.2, 0.25) is 0 Å². The highest BCUT2D eigenvalue weighted by molar-refractivity contribution is 6.02. The van der Waals surface area contributed by atoms with Gasteiger partial charge in [0, 0.05) is 0 Å². The summed E-state index contributed by atoms with van der Waals surface area (Å²) >= 11 is 0. The fourth-order valence-corrected chi connectivity index (χ4v) is 4.24. The van der Waals surface area contributed by atoms with Gasteiger partial charge in [-0.3, -0.25) is 9.98 Å². The predicted octanol–water partition coefficient (Wildman–Crippen LogP) is 7.61. The molecule has 3 aromatic rings. The van der Waals surface area contributed by atoms with Crippen LogP contribution >= 0.6 is 0 Å². The van der Waals surface area contributed by atoms with E-state index in [4.69, 9.17) is 15.0 Å². The van der Waals surface area contributed by atoms with Crippen LogP contribution in [0.1, 0.15) is 75.2 Å². The molecule has 0 atom stereocenters. The average molecular weight is 426 g/mol. The van der Waals surface area contributed by atoms with Crippen LogP contribution in [0.25, 0.3) is 0 Å². The van der Waals surface area contributed by atoms with Crippen molar-refractivity contribution in [2.24, 2.45) is 9.98 Å². The highest BCUT2D eigenvalue weighted by Gasteiger charge is 2.09. The Morgan fingerprint density at radius 3 is 1.38 bits per heavy atom. The number of aryl methyl sites for hydroxylation is 2. The van der Waals surface area contributed by atoms with Crippen molar-refractivity contribution < 1.29 is 0 Å². The number of hydrogen-bond acceptors (Lipinski definition) is 3. The minimum absolute atomic E-state index is 0.888. The van der Waals surface area contributed by atoms with E-state index in [1.165, 1.54) is 22.3 Å². The van der Waals surface area contributed by atoms with E-state index in [1.807, 2.05) is 32.0 Å². The van der Waals surface area contributed by atoms with Gasteiger partial charge >= 0.3 is 0 Å². The van der Waals surface area contributed by atoms with Gasteiger partial charge in [0.05, 0.1) is 34.2 Å². The molecule has 0 unspecified atom stereocenters. The maximum Gasteiger partial charge on any atom is 0.0849 e. The van der Waals surface area contributed by atoms with Gasteiger partial charge in [0.15, 0.2) is 0 Å². The molecule has 2 aromatic carbocycles. The Kier molecular flexibility index (Phi) is 8.10. The van der Waals surface area contributed by atoms with Gasteiger partial charge in [0.2, 0.25) is 0 Å². The first kappa shape index (κ1) is 23.6. The molecule has 0 amide bonds. The van der Waals surface area contributed by atoms with E-state index in [2.05, 4.69) is 64.1 Å². The molecule has 0 radical (unpaired) electrons. The highest BCUT2D eigenvalue weighted by Crippen LogP contribution is 2.26. The number of rotatable bonds is 8. The van der Waals surface area contributed by atoms with Gasteiger partial charge < -0.3 is 0 Å². The standard InChI is InChI=1S/C29H35N3/c1-7-22-14-11-18-28(24(22)9-3)30-20(5)26-16-13-17-27(32-26)21(6)31-29-19-12-15-23(8-2)25(29)10-4/h11-19H,7-10H2,1-6H3. The molecule has 32 heavy (non-hydrogen) atoms. The van der Waals surface area contributed by atoms with Crippen molar-refractivity contribution in [2.75, 3.05) is 0 Å². The molecule has 0 fully saturated rings. The Balaban J connectivity index is 1.97. The molecule has 3 heteroatoms. The molecule has 0 aliphatic heterocycles. The fraction of sp³-hybridized carbons (Fsp3) is 0.345. The monoisotopic (exact) mass is 425 g/mol. The van der Waals surface area contributed by atoms with Gasteiger partial charge in [-0.2, -0.15) is 0 Å². The summed E-state index contributed by atoms with van der Waals surface area (Å²) in [6.45, 7) is 12.9. The van der Waals surface area contributed by atoms with Gasteiger partial charge in [0.1, 0.15) is 0 Å². The zero-order valence-corrected chi connectivity index (χ0v) is 20.4. The van der Waals surface area contributed by atoms with Crippen LogP contribution in [0.5, 0.6) is 0 Å². The zero-order valence-electron chi connectivity index (χ0n) is 20.4. The molecule has 0 N–H and O–H groups in total. The SMILES string of the molecule is CCc1cccc(N=C(C)c2cccc(C(C)=Nc3cccc(CC)c3CC)n2)c1CC. The van der Waals surface area contributed by atoms with Crippen LogP contribution in [0.4, 0.5) is 11.4 Å². The normalized spacial score (nSPS) is 12.3. The lowest BCUT2D eigenvalue weighted by Gasteiger charge is -2.11. The third-order valence-corrected chi connectivity index (χ3v) is 6.03. The summed E-state index contributed by atoms with van der Waals surface area (Å²) in [5.41, 5.74) is 11.1. The van der Waals surface area contributed by atoms with Crippen LogP contribution in [-0.2, 0) is 25.7 Å². The average Bonchev–Trinajstić information content (AvgIpc) is 2.83. The second kappa shape index (κ2) is 11.0. The molecule has 1 heterocycles. The Labute approximate surface area is 193 Å². The predicted molar refractivity (Wildman–Crippen MR) is 138 cm³/mol. The van der Waals surface area contributed by atoms with Gasteiger partial charge in [-0.15, -0.1) is 0 Å². The van der Waals surface area contributed by atoms with Gasteiger partial charge in [-0.25, -0.2) is 4.98 Å². The van der Waals surface area contributed by atoms with Crippen molar-refractivity contribution in [1.29, 1.82) is 0 Å². The molecular formula is C29H35N3. The summed E-state index contributed by atoms with van der Waals surface area (Å²) < 4.78 is 0. The minimum atomic E-state index is 0.888. The van der Waals surface area contributed by atoms with Gasteiger partial charge in [0.25, 0.3) is 0 Å². The molecule has 0 bridgehead atoms. The van der Waals surface area contributed by atoms with E-state index in [0.29, 0.717) is 0 Å². The molecule has 0 aliphatic carbocycles. The van der Waals surface area contributed by atoms with E-state index in [-0.39, 0.29) is 0 Å². The first-order chi connectivity index (χ1) is 15.5. The number of aromatic nitrogens is 1. The molecule has 3 nitrogen and oxygen atoms in total. The third-order valence-electron chi connectivity index (χ3n) is 6.03. The zero-order chi connectivity index (χ0) is 23.1. The first-order valence-electron chi connectivity index (χ1n) is 11.8. The van der Waals surface area contributed by atoms with Crippen molar-refractivity contribution in [1.82, 2.24) is 4.98 Å². The second-order valence-electron chi connectivity index (χ2n) is 8.05. The first-order valence-corrected chi connectivity index (χ1v) is 11.8. The second-order valence-corrected chi connectivity index (χ2v) is 8.05. The number of aliphatic imine (C=N–C) groups is 2. The Hall–Kier alpha value is -3.07. The lowest BCUT2D eigenvalue weighted by molar-refractivity contribution is 1.03. The molecular weight excluding hydrogens is 390 g/mol. The number of pyridine rings is 1. The van der Waals surface area contributed by atoms with Crippen LogP contribution in [0.15, 0.2) is 64.6 Å². The summed E-state index contributed by atoms with van der Waals surface area (Å²) in [5, 5.41) is 0. The molecule has 166 valence electrons. The lowest BCUT2D eigenvalue weighted by Crippen LogP contribution is -2.05. The van der Waals surface area contributed by atoms with E-state index in [0.717, 1.165) is 59.9 Å². The summed E-state index contributed by atoms with van der Waals surface area (Å²) in [4.78, 5) is 14.8. The van der Waals surface area contributed by atoms with Crippen LogP contribution < -0.4 is 0 Å². The van der Waals surface area contributed by atoms with E-state index in [9.17, 15) is 0 Å². The number of nitrogens with zero attached hydrogens (tertiary/aromatic N) is 3. The Morgan fingerprint density at radius 2 is 1.00 bits per heavy atom. The van der Waals surface area contributed by atoms with Crippen molar-refractivity contribution >= 4 is 22.8 Å². The van der Waals surface area contributed by atoms with Gasteiger partial charge in [-0.05, 0) is 86.1 Å². The van der Waals surface area contributed by atoms with Crippen LogP contribution in [0, 0.1) is 0 Å². The fourth-order valence-electron chi connectivity index (χ4n) is 4.24. The summed E-state index contributed by atoms with van der Waals surface area (Å²) in [6.07, 6.45) is 4.00. The van der Waals surface area contributed by atoms with Crippen LogP contribution in [0.3, 0.4) is 0 Å². The molecule has 0 saturated heterocycles. The van der Waals surface area contributed by atoms with E-state index < -0.39 is 0 Å². The van der Waals surface area contributed by atoms with Crippen molar-refractivity contribution in [3.05, 3.63) is 88.2 Å². The van der Waals surface area contributed by atoms with E-state index >= 15 is 0 Å². The van der Waals surface area contributed by atoms with E-state index in [1.54, 1.807) is 0 Å². The lowest BCUT2D eigenvalue weighted by atomic mass is 10.0. The summed E-state index contributed by atoms with van der Waals surface area (Å²) in [6, 6.07) is 18.9. The summed E-state index contributed by atoms with van der Waals surface area (Å²) in [7, 11) is 0. The van der Waals surface area contributed by atoms with Gasteiger partial charge in [-0.1, -0.05) is 58.0 Å². The van der Waals surface area contributed by atoms with Crippen LogP contribution in [-0.4, -0.2) is 16.4 Å². The molecule has 0 saturated carbocycles. The molecule has 0 spiro atoms. The van der Waals surface area contributed by atoms with Crippen molar-refractivity contribution in [3.63, 3.8) is 0 Å². The summed E-state index contributed by atoms with van der Waals surface area (Å²) in [5.74, 6) is 0. The molecule has 0 aliphatic rings. The Morgan fingerprint density at radius 1 is 0.594 bits per heavy atom. The number of benzene rings is 2. The number of hydrogen-bond donors (Lipinski definition) is 0. The highest BCUT2D eigenvalue weighted by atomic mass is 14.8. The maximum atomic E-state index is 4.96. The third kappa shape index (κ3) is 5.21. The molecule has 3 rings (SSSR count). The minimum Gasteiger partial charge on any atom is -0.251 e. The smallest absolute Gasteiger partial charge is 0.0849 e. The largest absolute Gasteiger partial charge is 0.251 e. The maximum absolute atomic E-state index is 4.96. The molecule has 1 aromatic heterocycles. The Bertz CT molecular complexity index is 1050. The quantitative estimate of drug-likeness (QED) is 0.342. The van der Waals surface area contributed by atoms with Crippen molar-refractivity contribution in [3.8, 4) is 0 Å².